The fraction of sp³-hybridized carbons (Fsp3) is 0.269. The molecule has 4 rings (SSSR count). The highest BCUT2D eigenvalue weighted by Gasteiger charge is 2.34. The van der Waals surface area contributed by atoms with E-state index in [0.29, 0.717) is 39.1 Å². The van der Waals surface area contributed by atoms with Gasteiger partial charge in [-0.15, -0.1) is 0 Å². The Balaban J connectivity index is 1.82. The van der Waals surface area contributed by atoms with Crippen LogP contribution in [0, 0.1) is 13.8 Å². The summed E-state index contributed by atoms with van der Waals surface area (Å²) in [6.07, 6.45) is -4.50. The summed E-state index contributed by atoms with van der Waals surface area (Å²) in [7, 11) is -3.35. The van der Waals surface area contributed by atoms with Gasteiger partial charge in [-0.3, -0.25) is 0 Å². The van der Waals surface area contributed by atoms with E-state index < -0.39 is 27.5 Å². The Labute approximate surface area is 201 Å². The van der Waals surface area contributed by atoms with E-state index in [-0.39, 0.29) is 22.8 Å². The Kier molecular flexibility index (Phi) is 6.50. The number of aryl methyl sites for hydroxylation is 2. The van der Waals surface area contributed by atoms with Crippen LogP contribution >= 0.6 is 0 Å². The van der Waals surface area contributed by atoms with E-state index in [1.165, 1.54) is 24.3 Å². The zero-order valence-electron chi connectivity index (χ0n) is 19.4. The number of nitrogens with one attached hydrogen (secondary N) is 1. The Hall–Kier alpha value is -3.17. The van der Waals surface area contributed by atoms with Crippen LogP contribution in [-0.4, -0.2) is 35.9 Å². The van der Waals surface area contributed by atoms with Crippen molar-refractivity contribution in [3.05, 3.63) is 82.7 Å². The van der Waals surface area contributed by atoms with Crippen LogP contribution in [0.5, 0.6) is 0 Å². The van der Waals surface area contributed by atoms with Crippen molar-refractivity contribution in [1.29, 1.82) is 0 Å². The molecule has 1 unspecified atom stereocenters. The van der Waals surface area contributed by atoms with Gasteiger partial charge in [0.25, 0.3) is 0 Å². The van der Waals surface area contributed by atoms with Crippen molar-refractivity contribution in [3.63, 3.8) is 0 Å². The molecule has 0 aliphatic heterocycles. The minimum atomic E-state index is -4.50. The first-order valence-electron chi connectivity index (χ1n) is 11.1. The van der Waals surface area contributed by atoms with Gasteiger partial charge in [-0.1, -0.05) is 37.3 Å². The molecule has 184 valence electrons. The highest BCUT2D eigenvalue weighted by atomic mass is 32.2. The monoisotopic (exact) mass is 502 g/mol. The zero-order chi connectivity index (χ0) is 25.5. The largest absolute Gasteiger partial charge is 0.417 e. The Morgan fingerprint density at radius 2 is 1.71 bits per heavy atom. The van der Waals surface area contributed by atoms with Crippen LogP contribution in [0.3, 0.4) is 0 Å². The molecule has 0 spiro atoms. The lowest BCUT2D eigenvalue weighted by Gasteiger charge is -2.17. The lowest BCUT2D eigenvalue weighted by atomic mass is 9.91. The predicted octanol–water partition coefficient (Wildman–Crippen LogP) is 5.78. The van der Waals surface area contributed by atoms with Crippen LogP contribution in [0.4, 0.5) is 13.2 Å². The van der Waals surface area contributed by atoms with Crippen molar-refractivity contribution >= 4 is 20.9 Å². The standard InChI is InChI=1S/C26H25F3N2O3S/c1-4-35(33,34)18-11-9-17(10-12-18)20(14-32)25-30-22-13-15(2)23(16(3)24(22)31-25)19-7-5-6-8-21(19)26(27,28)29/h5-13,20,32H,4,14H2,1-3H3,(H,30,31). The topological polar surface area (TPSA) is 83.1 Å². The lowest BCUT2D eigenvalue weighted by Crippen LogP contribution is -2.09. The summed E-state index contributed by atoms with van der Waals surface area (Å²) in [4.78, 5) is 8.04. The second-order valence-corrected chi connectivity index (χ2v) is 10.7. The number of fused-ring (bicyclic) bond motifs is 1. The number of H-pyrrole nitrogens is 1. The molecular formula is C26H25F3N2O3S. The van der Waals surface area contributed by atoms with Crippen LogP contribution < -0.4 is 0 Å². The number of sulfone groups is 1. The van der Waals surface area contributed by atoms with Crippen molar-refractivity contribution in [1.82, 2.24) is 9.97 Å². The predicted molar refractivity (Wildman–Crippen MR) is 129 cm³/mol. The van der Waals surface area contributed by atoms with Gasteiger partial charge in [-0.25, -0.2) is 13.4 Å². The summed E-state index contributed by atoms with van der Waals surface area (Å²) in [5.41, 5.74) is 2.94. The number of imidazole rings is 1. The SMILES string of the molecule is CCS(=O)(=O)c1ccc(C(CO)c2nc3c(C)c(-c4ccccc4C(F)(F)F)c(C)cc3[nH]2)cc1. The molecule has 9 heteroatoms. The van der Waals surface area contributed by atoms with E-state index in [2.05, 4.69) is 9.97 Å². The van der Waals surface area contributed by atoms with Gasteiger partial charge in [0.1, 0.15) is 5.82 Å². The first-order chi connectivity index (χ1) is 16.5. The summed E-state index contributed by atoms with van der Waals surface area (Å²) in [6, 6.07) is 13.5. The maximum absolute atomic E-state index is 13.7. The van der Waals surface area contributed by atoms with E-state index in [9.17, 15) is 26.7 Å². The van der Waals surface area contributed by atoms with Crippen molar-refractivity contribution < 1.29 is 26.7 Å². The minimum absolute atomic E-state index is 0.0161. The highest BCUT2D eigenvalue weighted by molar-refractivity contribution is 7.91. The third-order valence-electron chi connectivity index (χ3n) is 6.27. The molecule has 3 aromatic carbocycles. The van der Waals surface area contributed by atoms with Gasteiger partial charge in [-0.2, -0.15) is 13.2 Å². The molecule has 0 aliphatic carbocycles. The van der Waals surface area contributed by atoms with Crippen LogP contribution in [0.15, 0.2) is 59.5 Å². The average Bonchev–Trinajstić information content (AvgIpc) is 3.23. The molecule has 0 aliphatic rings. The smallest absolute Gasteiger partial charge is 0.395 e. The number of alkyl halides is 3. The molecule has 5 nitrogen and oxygen atoms in total. The van der Waals surface area contributed by atoms with Crippen molar-refractivity contribution in [2.75, 3.05) is 12.4 Å². The minimum Gasteiger partial charge on any atom is -0.395 e. The van der Waals surface area contributed by atoms with Crippen molar-refractivity contribution in [3.8, 4) is 11.1 Å². The zero-order valence-corrected chi connectivity index (χ0v) is 20.3. The molecule has 0 saturated heterocycles. The molecular weight excluding hydrogens is 477 g/mol. The number of hydrogen-bond acceptors (Lipinski definition) is 4. The number of aliphatic hydroxyl groups is 1. The summed E-state index contributed by atoms with van der Waals surface area (Å²) >= 11 is 0. The molecule has 1 atom stereocenters. The van der Waals surface area contributed by atoms with Gasteiger partial charge in [0.15, 0.2) is 9.84 Å². The lowest BCUT2D eigenvalue weighted by molar-refractivity contribution is -0.137. The molecule has 2 N–H and O–H groups in total. The third kappa shape index (κ3) is 4.58. The fourth-order valence-electron chi connectivity index (χ4n) is 4.45. The number of aromatic amines is 1. The quantitative estimate of drug-likeness (QED) is 0.350. The molecule has 35 heavy (non-hydrogen) atoms. The number of rotatable bonds is 6. The van der Waals surface area contributed by atoms with Gasteiger partial charge in [0.05, 0.1) is 39.8 Å². The second-order valence-electron chi connectivity index (χ2n) is 8.46. The van der Waals surface area contributed by atoms with Gasteiger partial charge >= 0.3 is 6.18 Å². The normalized spacial score (nSPS) is 13.3. The first kappa shape index (κ1) is 24.9. The molecule has 0 fully saturated rings. The van der Waals surface area contributed by atoms with Crippen molar-refractivity contribution in [2.24, 2.45) is 0 Å². The summed E-state index contributed by atoms with van der Waals surface area (Å²) in [6.45, 7) is 4.77. The van der Waals surface area contributed by atoms with Gasteiger partial charge in [0, 0.05) is 0 Å². The van der Waals surface area contributed by atoms with E-state index in [4.69, 9.17) is 0 Å². The molecule has 0 bridgehead atoms. The summed E-state index contributed by atoms with van der Waals surface area (Å²) in [5, 5.41) is 10.1. The first-order valence-corrected chi connectivity index (χ1v) is 12.7. The van der Waals surface area contributed by atoms with Gasteiger partial charge < -0.3 is 10.1 Å². The molecule has 0 amide bonds. The molecule has 0 radical (unpaired) electrons. The van der Waals surface area contributed by atoms with E-state index in [0.717, 1.165) is 6.07 Å². The Morgan fingerprint density at radius 1 is 1.06 bits per heavy atom. The van der Waals surface area contributed by atoms with Crippen LogP contribution in [-0.2, 0) is 16.0 Å². The maximum atomic E-state index is 13.7. The highest BCUT2D eigenvalue weighted by Crippen LogP contribution is 2.41. The molecule has 0 saturated carbocycles. The fourth-order valence-corrected chi connectivity index (χ4v) is 5.33. The van der Waals surface area contributed by atoms with Crippen LogP contribution in [0.25, 0.3) is 22.2 Å². The van der Waals surface area contributed by atoms with E-state index in [1.54, 1.807) is 45.0 Å². The van der Waals surface area contributed by atoms with Gasteiger partial charge in [-0.05, 0) is 65.9 Å². The van der Waals surface area contributed by atoms with Crippen LogP contribution in [0.1, 0.15) is 40.9 Å². The summed E-state index contributed by atoms with van der Waals surface area (Å²) in [5.74, 6) is -0.138. The summed E-state index contributed by atoms with van der Waals surface area (Å²) < 4.78 is 65.3. The maximum Gasteiger partial charge on any atom is 0.417 e. The molecule has 1 aromatic heterocycles. The van der Waals surface area contributed by atoms with Gasteiger partial charge in [0.2, 0.25) is 0 Å². The number of benzene rings is 3. The van der Waals surface area contributed by atoms with Crippen molar-refractivity contribution in [2.45, 2.75) is 37.8 Å². The second kappa shape index (κ2) is 9.13. The Morgan fingerprint density at radius 3 is 2.31 bits per heavy atom. The Bertz CT molecular complexity index is 1490. The van der Waals surface area contributed by atoms with E-state index in [1.807, 2.05) is 0 Å². The number of hydrogen-bond donors (Lipinski definition) is 2. The number of halogens is 3. The number of nitrogens with zero attached hydrogens (tertiary/aromatic N) is 1. The molecule has 1 heterocycles. The van der Waals surface area contributed by atoms with E-state index >= 15 is 0 Å². The number of aromatic nitrogens is 2. The number of aliphatic hydroxyl groups excluding tert-OH is 1. The molecule has 4 aromatic rings. The average molecular weight is 503 g/mol. The van der Waals surface area contributed by atoms with Crippen LogP contribution in [0.2, 0.25) is 0 Å². The third-order valence-corrected chi connectivity index (χ3v) is 8.02.